The van der Waals surface area contributed by atoms with Crippen LogP contribution < -0.4 is 9.47 Å². The molecule has 7 nitrogen and oxygen atoms in total. The van der Waals surface area contributed by atoms with Gasteiger partial charge < -0.3 is 14.5 Å². The predicted octanol–water partition coefficient (Wildman–Crippen LogP) is 3.18. The number of benzene rings is 2. The van der Waals surface area contributed by atoms with E-state index in [1.165, 1.54) is 6.07 Å². The number of imidazole rings is 1. The molecule has 0 bridgehead atoms. The summed E-state index contributed by atoms with van der Waals surface area (Å²) in [7, 11) is 0. The second-order valence-corrected chi connectivity index (χ2v) is 5.07. The number of aromatic nitrogens is 2. The zero-order valence-electron chi connectivity index (χ0n) is 11.6. The van der Waals surface area contributed by atoms with E-state index in [1.807, 2.05) is 6.07 Å². The minimum Gasteiger partial charge on any atom is -0.454 e. The topological polar surface area (TPSA) is 90.3 Å². The SMILES string of the molecule is Cc1ccc(-c2nc3cc4c(cc3[nH]2)OCO4)cc1[N+](=O)[O-]. The smallest absolute Gasteiger partial charge is 0.273 e. The van der Waals surface area contributed by atoms with Crippen LogP contribution in [0.15, 0.2) is 30.3 Å². The molecular formula is C15H11N3O4. The Morgan fingerprint density at radius 1 is 1.23 bits per heavy atom. The van der Waals surface area contributed by atoms with Gasteiger partial charge in [-0.3, -0.25) is 10.1 Å². The monoisotopic (exact) mass is 297 g/mol. The number of nitrogens with zero attached hydrogens (tertiary/aromatic N) is 2. The minimum atomic E-state index is -0.391. The van der Waals surface area contributed by atoms with E-state index in [1.54, 1.807) is 25.1 Å². The van der Waals surface area contributed by atoms with Gasteiger partial charge in [-0.25, -0.2) is 4.98 Å². The van der Waals surface area contributed by atoms with Gasteiger partial charge >= 0.3 is 0 Å². The number of H-pyrrole nitrogens is 1. The molecule has 0 fully saturated rings. The van der Waals surface area contributed by atoms with Gasteiger partial charge in [0.05, 0.1) is 16.0 Å². The summed E-state index contributed by atoms with van der Waals surface area (Å²) in [6, 6.07) is 8.65. The Kier molecular flexibility index (Phi) is 2.56. The van der Waals surface area contributed by atoms with Crippen molar-refractivity contribution >= 4 is 16.7 Å². The lowest BCUT2D eigenvalue weighted by atomic mass is 10.1. The lowest BCUT2D eigenvalue weighted by Gasteiger charge is -2.00. The normalized spacial score (nSPS) is 12.8. The highest BCUT2D eigenvalue weighted by atomic mass is 16.7. The van der Waals surface area contributed by atoms with Crippen molar-refractivity contribution in [3.05, 3.63) is 46.0 Å². The molecule has 7 heteroatoms. The molecule has 0 radical (unpaired) electrons. The zero-order valence-corrected chi connectivity index (χ0v) is 11.6. The number of aryl methyl sites for hydroxylation is 1. The fourth-order valence-electron chi connectivity index (χ4n) is 2.49. The van der Waals surface area contributed by atoms with Gasteiger partial charge in [0.1, 0.15) is 5.82 Å². The summed E-state index contributed by atoms with van der Waals surface area (Å²) >= 11 is 0. The maximum absolute atomic E-state index is 11.1. The Morgan fingerprint density at radius 2 is 2.00 bits per heavy atom. The molecule has 0 atom stereocenters. The van der Waals surface area contributed by atoms with Crippen molar-refractivity contribution in [1.29, 1.82) is 0 Å². The van der Waals surface area contributed by atoms with Crippen LogP contribution >= 0.6 is 0 Å². The van der Waals surface area contributed by atoms with Gasteiger partial charge in [0.2, 0.25) is 6.79 Å². The molecule has 22 heavy (non-hydrogen) atoms. The van der Waals surface area contributed by atoms with E-state index in [4.69, 9.17) is 9.47 Å². The lowest BCUT2D eigenvalue weighted by Crippen LogP contribution is -1.93. The lowest BCUT2D eigenvalue weighted by molar-refractivity contribution is -0.385. The molecule has 0 amide bonds. The average molecular weight is 297 g/mol. The number of hydrogen-bond donors (Lipinski definition) is 1. The summed E-state index contributed by atoms with van der Waals surface area (Å²) in [6.45, 7) is 1.92. The summed E-state index contributed by atoms with van der Waals surface area (Å²) in [6.07, 6.45) is 0. The van der Waals surface area contributed by atoms with Crippen molar-refractivity contribution in [1.82, 2.24) is 9.97 Å². The van der Waals surface area contributed by atoms with E-state index < -0.39 is 4.92 Å². The molecule has 0 saturated carbocycles. The summed E-state index contributed by atoms with van der Waals surface area (Å²) in [5.74, 6) is 1.89. The van der Waals surface area contributed by atoms with Crippen LogP contribution in [0.25, 0.3) is 22.4 Å². The third-order valence-corrected chi connectivity index (χ3v) is 3.66. The van der Waals surface area contributed by atoms with Gasteiger partial charge in [0.15, 0.2) is 11.5 Å². The van der Waals surface area contributed by atoms with Gasteiger partial charge in [0, 0.05) is 29.3 Å². The second-order valence-electron chi connectivity index (χ2n) is 5.07. The van der Waals surface area contributed by atoms with Crippen LogP contribution in [0.2, 0.25) is 0 Å². The highest BCUT2D eigenvalue weighted by Crippen LogP contribution is 2.36. The number of aromatic amines is 1. The Bertz CT molecular complexity index is 876. The van der Waals surface area contributed by atoms with E-state index in [2.05, 4.69) is 9.97 Å². The Morgan fingerprint density at radius 3 is 2.77 bits per heavy atom. The molecule has 0 spiro atoms. The molecule has 0 aliphatic carbocycles. The van der Waals surface area contributed by atoms with Crippen LogP contribution in [0.4, 0.5) is 5.69 Å². The number of hydrogen-bond acceptors (Lipinski definition) is 5. The standard InChI is InChI=1S/C15H11N3O4/c1-8-2-3-9(4-12(8)18(19)20)15-16-10-5-13-14(22-7-21-13)6-11(10)17-15/h2-6H,7H2,1H3,(H,16,17). The highest BCUT2D eigenvalue weighted by molar-refractivity contribution is 5.83. The first kappa shape index (κ1) is 12.6. The molecule has 3 aromatic rings. The van der Waals surface area contributed by atoms with Crippen molar-refractivity contribution in [2.24, 2.45) is 0 Å². The second kappa shape index (κ2) is 4.45. The molecule has 1 aliphatic rings. The highest BCUT2D eigenvalue weighted by Gasteiger charge is 2.18. The number of ether oxygens (including phenoxy) is 2. The molecule has 1 aromatic heterocycles. The van der Waals surface area contributed by atoms with Crippen LogP contribution in [0.5, 0.6) is 11.5 Å². The van der Waals surface area contributed by atoms with Crippen molar-refractivity contribution in [3.63, 3.8) is 0 Å². The Hall–Kier alpha value is -3.09. The summed E-state index contributed by atoms with van der Waals surface area (Å²) in [4.78, 5) is 18.3. The van der Waals surface area contributed by atoms with E-state index in [-0.39, 0.29) is 12.5 Å². The van der Waals surface area contributed by atoms with Crippen LogP contribution in [0.3, 0.4) is 0 Å². The largest absolute Gasteiger partial charge is 0.454 e. The van der Waals surface area contributed by atoms with Crippen LogP contribution in [-0.4, -0.2) is 21.7 Å². The molecule has 1 aliphatic heterocycles. The molecule has 1 N–H and O–H groups in total. The number of rotatable bonds is 2. The van der Waals surface area contributed by atoms with Crippen molar-refractivity contribution in [3.8, 4) is 22.9 Å². The summed E-state index contributed by atoms with van der Waals surface area (Å²) in [5, 5.41) is 11.1. The fourth-order valence-corrected chi connectivity index (χ4v) is 2.49. The van der Waals surface area contributed by atoms with E-state index in [0.29, 0.717) is 28.5 Å². The third kappa shape index (κ3) is 1.86. The molecule has 2 aromatic carbocycles. The van der Waals surface area contributed by atoms with Crippen LogP contribution in [-0.2, 0) is 0 Å². The van der Waals surface area contributed by atoms with Gasteiger partial charge in [-0.05, 0) is 6.92 Å². The summed E-state index contributed by atoms with van der Waals surface area (Å²) < 4.78 is 10.7. The quantitative estimate of drug-likeness (QED) is 0.579. The Balaban J connectivity index is 1.84. The van der Waals surface area contributed by atoms with Crippen LogP contribution in [0.1, 0.15) is 5.56 Å². The summed E-state index contributed by atoms with van der Waals surface area (Å²) in [5.41, 5.74) is 2.87. The van der Waals surface area contributed by atoms with Crippen molar-refractivity contribution in [2.45, 2.75) is 6.92 Å². The van der Waals surface area contributed by atoms with E-state index >= 15 is 0 Å². The predicted molar refractivity (Wildman–Crippen MR) is 79.0 cm³/mol. The van der Waals surface area contributed by atoms with Gasteiger partial charge in [-0.1, -0.05) is 12.1 Å². The van der Waals surface area contributed by atoms with Crippen molar-refractivity contribution in [2.75, 3.05) is 6.79 Å². The van der Waals surface area contributed by atoms with Gasteiger partial charge in [-0.15, -0.1) is 0 Å². The van der Waals surface area contributed by atoms with Gasteiger partial charge in [0.25, 0.3) is 5.69 Å². The molecule has 110 valence electrons. The molecule has 4 rings (SSSR count). The zero-order chi connectivity index (χ0) is 15.3. The third-order valence-electron chi connectivity index (χ3n) is 3.66. The average Bonchev–Trinajstić information content (AvgIpc) is 3.10. The Labute approximate surface area is 124 Å². The first-order valence-electron chi connectivity index (χ1n) is 6.66. The molecular weight excluding hydrogens is 286 g/mol. The maximum Gasteiger partial charge on any atom is 0.273 e. The maximum atomic E-state index is 11.1. The fraction of sp³-hybridized carbons (Fsp3) is 0.133. The van der Waals surface area contributed by atoms with Crippen LogP contribution in [0, 0.1) is 17.0 Å². The van der Waals surface area contributed by atoms with Crippen molar-refractivity contribution < 1.29 is 14.4 Å². The first-order valence-corrected chi connectivity index (χ1v) is 6.66. The number of nitro groups is 1. The molecule has 0 unspecified atom stereocenters. The first-order chi connectivity index (χ1) is 10.6. The number of nitrogens with one attached hydrogen (secondary N) is 1. The molecule has 0 saturated heterocycles. The van der Waals surface area contributed by atoms with Gasteiger partial charge in [-0.2, -0.15) is 0 Å². The molecule has 2 heterocycles. The number of fused-ring (bicyclic) bond motifs is 2. The number of nitro benzene ring substituents is 1. The van der Waals surface area contributed by atoms with E-state index in [0.717, 1.165) is 11.0 Å². The van der Waals surface area contributed by atoms with E-state index in [9.17, 15) is 10.1 Å². The minimum absolute atomic E-state index is 0.0760.